The van der Waals surface area contributed by atoms with E-state index in [1.165, 1.54) is 4.90 Å². The summed E-state index contributed by atoms with van der Waals surface area (Å²) in [5, 5.41) is 16.2. The predicted molar refractivity (Wildman–Crippen MR) is 128 cm³/mol. The standard InChI is InChI=1S/C25H39N3O6/c1-17(2)14-20(27-23(31)33-16-18-10-7-6-8-11-18)22(30)26-19-12-9-13-28(15-21(19)29)24(32)34-25(3,4)5/h6-8,10-11,17,19-21,29H,9,12-16H2,1-5H3,(H,26,30)(H,27,31). The highest BCUT2D eigenvalue weighted by Crippen LogP contribution is 2.17. The van der Waals surface area contributed by atoms with Crippen LogP contribution in [0.4, 0.5) is 9.59 Å². The Morgan fingerprint density at radius 1 is 1.18 bits per heavy atom. The van der Waals surface area contributed by atoms with Crippen molar-refractivity contribution < 1.29 is 29.0 Å². The lowest BCUT2D eigenvalue weighted by Crippen LogP contribution is -2.54. The minimum atomic E-state index is -0.955. The van der Waals surface area contributed by atoms with Crippen LogP contribution < -0.4 is 10.6 Å². The summed E-state index contributed by atoms with van der Waals surface area (Å²) >= 11 is 0. The predicted octanol–water partition coefficient (Wildman–Crippen LogP) is 3.20. The van der Waals surface area contributed by atoms with E-state index in [9.17, 15) is 19.5 Å². The molecule has 0 spiro atoms. The average molecular weight is 478 g/mol. The van der Waals surface area contributed by atoms with Crippen LogP contribution in [0.3, 0.4) is 0 Å². The third kappa shape index (κ3) is 9.59. The number of aliphatic hydroxyl groups excluding tert-OH is 1. The van der Waals surface area contributed by atoms with Gasteiger partial charge in [-0.2, -0.15) is 0 Å². The van der Waals surface area contributed by atoms with Crippen molar-refractivity contribution in [2.45, 2.75) is 84.3 Å². The van der Waals surface area contributed by atoms with Gasteiger partial charge in [0.05, 0.1) is 18.7 Å². The van der Waals surface area contributed by atoms with Crippen LogP contribution in [-0.2, 0) is 20.9 Å². The molecule has 2 rings (SSSR count). The van der Waals surface area contributed by atoms with Gasteiger partial charge >= 0.3 is 12.2 Å². The van der Waals surface area contributed by atoms with Crippen LogP contribution in [0.2, 0.25) is 0 Å². The molecule has 0 bridgehead atoms. The summed E-state index contributed by atoms with van der Waals surface area (Å²) in [5.41, 5.74) is 0.214. The van der Waals surface area contributed by atoms with Gasteiger partial charge in [-0.1, -0.05) is 44.2 Å². The maximum absolute atomic E-state index is 13.0. The molecule has 1 fully saturated rings. The summed E-state index contributed by atoms with van der Waals surface area (Å²) in [7, 11) is 0. The molecular formula is C25H39N3O6. The number of carbonyl (C=O) groups is 3. The second-order valence-corrected chi connectivity index (χ2v) is 10.1. The summed E-state index contributed by atoms with van der Waals surface area (Å²) in [4.78, 5) is 39.2. The Labute approximate surface area is 202 Å². The highest BCUT2D eigenvalue weighted by molar-refractivity contribution is 5.85. The first-order valence-corrected chi connectivity index (χ1v) is 11.9. The van der Waals surface area contributed by atoms with Crippen LogP contribution in [0.5, 0.6) is 0 Å². The SMILES string of the molecule is CC(C)CC(NC(=O)OCc1ccccc1)C(=O)NC1CCCN(C(=O)OC(C)(C)C)CC1O. The van der Waals surface area contributed by atoms with Crippen molar-refractivity contribution in [3.63, 3.8) is 0 Å². The summed E-state index contributed by atoms with van der Waals surface area (Å²) in [5.74, 6) is -0.244. The van der Waals surface area contributed by atoms with Gasteiger partial charge in [0.2, 0.25) is 5.91 Å². The molecule has 0 saturated carbocycles. The highest BCUT2D eigenvalue weighted by atomic mass is 16.6. The van der Waals surface area contributed by atoms with Crippen LogP contribution in [-0.4, -0.2) is 65.0 Å². The van der Waals surface area contributed by atoms with Crippen LogP contribution in [0.1, 0.15) is 59.4 Å². The van der Waals surface area contributed by atoms with Gasteiger partial charge in [-0.15, -0.1) is 0 Å². The number of benzene rings is 1. The van der Waals surface area contributed by atoms with E-state index in [0.717, 1.165) is 5.56 Å². The van der Waals surface area contributed by atoms with Crippen molar-refractivity contribution in [3.05, 3.63) is 35.9 Å². The molecule has 3 N–H and O–H groups in total. The molecule has 9 heteroatoms. The number of carbonyl (C=O) groups excluding carboxylic acids is 3. The Kier molecular flexibility index (Phi) is 10.2. The van der Waals surface area contributed by atoms with Crippen molar-refractivity contribution in [3.8, 4) is 0 Å². The van der Waals surface area contributed by atoms with Gasteiger partial charge in [-0.05, 0) is 51.5 Å². The minimum absolute atomic E-state index is 0.0568. The van der Waals surface area contributed by atoms with E-state index in [1.54, 1.807) is 20.8 Å². The van der Waals surface area contributed by atoms with Gasteiger partial charge in [-0.3, -0.25) is 4.79 Å². The van der Waals surface area contributed by atoms with Crippen LogP contribution in [0.15, 0.2) is 30.3 Å². The summed E-state index contributed by atoms with van der Waals surface area (Å²) in [6.45, 7) is 9.86. The zero-order chi connectivity index (χ0) is 25.3. The number of ether oxygens (including phenoxy) is 2. The normalized spacial score (nSPS) is 19.7. The smallest absolute Gasteiger partial charge is 0.410 e. The molecule has 1 heterocycles. The number of hydrogen-bond acceptors (Lipinski definition) is 6. The fraction of sp³-hybridized carbons (Fsp3) is 0.640. The average Bonchev–Trinajstić information content (AvgIpc) is 2.92. The number of hydrogen-bond donors (Lipinski definition) is 3. The maximum Gasteiger partial charge on any atom is 0.410 e. The molecule has 0 aromatic heterocycles. The number of rotatable bonds is 7. The number of nitrogens with zero attached hydrogens (tertiary/aromatic N) is 1. The fourth-order valence-corrected chi connectivity index (χ4v) is 3.69. The largest absolute Gasteiger partial charge is 0.445 e. The minimum Gasteiger partial charge on any atom is -0.445 e. The number of amides is 3. The van der Waals surface area contributed by atoms with Crippen molar-refractivity contribution in [2.24, 2.45) is 5.92 Å². The molecule has 9 nitrogen and oxygen atoms in total. The lowest BCUT2D eigenvalue weighted by Gasteiger charge is -2.29. The first kappa shape index (κ1) is 27.4. The third-order valence-corrected chi connectivity index (χ3v) is 5.32. The highest BCUT2D eigenvalue weighted by Gasteiger charge is 2.33. The molecule has 0 radical (unpaired) electrons. The van der Waals surface area contributed by atoms with E-state index >= 15 is 0 Å². The maximum atomic E-state index is 13.0. The Morgan fingerprint density at radius 3 is 2.47 bits per heavy atom. The second-order valence-electron chi connectivity index (χ2n) is 10.1. The molecular weight excluding hydrogens is 438 g/mol. The third-order valence-electron chi connectivity index (χ3n) is 5.32. The number of alkyl carbamates (subject to hydrolysis) is 1. The quantitative estimate of drug-likeness (QED) is 0.555. The van der Waals surface area contributed by atoms with Gasteiger partial charge in [0.1, 0.15) is 18.2 Å². The fourth-order valence-electron chi connectivity index (χ4n) is 3.69. The van der Waals surface area contributed by atoms with Crippen molar-refractivity contribution in [1.82, 2.24) is 15.5 Å². The Bertz CT molecular complexity index is 809. The number of nitrogens with one attached hydrogen (secondary N) is 2. The van der Waals surface area contributed by atoms with Gasteiger partial charge in [0.25, 0.3) is 0 Å². The van der Waals surface area contributed by atoms with E-state index in [-0.39, 0.29) is 25.0 Å². The molecule has 0 aliphatic carbocycles. The summed E-state index contributed by atoms with van der Waals surface area (Å²) in [6.07, 6.45) is -0.606. The molecule has 1 aromatic carbocycles. The van der Waals surface area contributed by atoms with Crippen molar-refractivity contribution in [1.29, 1.82) is 0 Å². The lowest BCUT2D eigenvalue weighted by atomic mass is 10.0. The van der Waals surface area contributed by atoms with Gasteiger partial charge in [-0.25, -0.2) is 9.59 Å². The molecule has 1 aliphatic heterocycles. The number of aliphatic hydroxyl groups is 1. The zero-order valence-electron chi connectivity index (χ0n) is 20.9. The van der Waals surface area contributed by atoms with E-state index in [2.05, 4.69) is 10.6 Å². The van der Waals surface area contributed by atoms with E-state index in [1.807, 2.05) is 44.2 Å². The summed E-state index contributed by atoms with van der Waals surface area (Å²) < 4.78 is 10.7. The van der Waals surface area contributed by atoms with Gasteiger partial charge < -0.3 is 30.1 Å². The molecule has 3 atom stereocenters. The van der Waals surface area contributed by atoms with Crippen molar-refractivity contribution >= 4 is 18.1 Å². The monoisotopic (exact) mass is 477 g/mol. The molecule has 1 aliphatic rings. The van der Waals surface area contributed by atoms with Crippen LogP contribution in [0, 0.1) is 5.92 Å². The molecule has 34 heavy (non-hydrogen) atoms. The van der Waals surface area contributed by atoms with Crippen molar-refractivity contribution in [2.75, 3.05) is 13.1 Å². The molecule has 3 amide bonds. The Hall–Kier alpha value is -2.81. The van der Waals surface area contributed by atoms with E-state index < -0.39 is 36.0 Å². The van der Waals surface area contributed by atoms with Crippen LogP contribution in [0.25, 0.3) is 0 Å². The number of likely N-dealkylation sites (tertiary alicyclic amines) is 1. The topological polar surface area (TPSA) is 117 Å². The molecule has 1 aromatic rings. The summed E-state index contributed by atoms with van der Waals surface area (Å²) in [6, 6.07) is 7.93. The van der Waals surface area contributed by atoms with Crippen LogP contribution >= 0.6 is 0 Å². The Balaban J connectivity index is 1.94. The number of β-amino-alcohol motifs (C(OH)–C–C–N with tert-alkyl or cyclic N) is 1. The first-order chi connectivity index (χ1) is 15.9. The Morgan fingerprint density at radius 2 is 1.85 bits per heavy atom. The van der Waals surface area contributed by atoms with E-state index in [0.29, 0.717) is 25.8 Å². The molecule has 1 saturated heterocycles. The molecule has 3 unspecified atom stereocenters. The zero-order valence-corrected chi connectivity index (χ0v) is 20.9. The van der Waals surface area contributed by atoms with Gasteiger partial charge in [0.15, 0.2) is 0 Å². The molecule has 190 valence electrons. The van der Waals surface area contributed by atoms with E-state index in [4.69, 9.17) is 9.47 Å². The lowest BCUT2D eigenvalue weighted by molar-refractivity contribution is -0.125. The second kappa shape index (κ2) is 12.6. The van der Waals surface area contributed by atoms with Gasteiger partial charge in [0, 0.05) is 6.54 Å². The first-order valence-electron chi connectivity index (χ1n) is 11.9.